The maximum absolute atomic E-state index is 11.8. The quantitative estimate of drug-likeness (QED) is 0.804. The van der Waals surface area contributed by atoms with Gasteiger partial charge in [-0.05, 0) is 39.7 Å². The second-order valence-corrected chi connectivity index (χ2v) is 5.46. The summed E-state index contributed by atoms with van der Waals surface area (Å²) in [4.78, 5) is 14.3. The SMILES string of the molecule is COC(C)C(=O)NC1CC2CCCC(C1)N2C. The third kappa shape index (κ3) is 2.80. The minimum Gasteiger partial charge on any atom is -0.372 e. The van der Waals surface area contributed by atoms with Crippen LogP contribution in [0.1, 0.15) is 39.0 Å². The molecule has 0 saturated carbocycles. The summed E-state index contributed by atoms with van der Waals surface area (Å²) in [5.41, 5.74) is 0. The van der Waals surface area contributed by atoms with Gasteiger partial charge in [0.25, 0.3) is 0 Å². The van der Waals surface area contributed by atoms with Crippen molar-refractivity contribution in [1.82, 2.24) is 10.2 Å². The minimum absolute atomic E-state index is 0.0279. The summed E-state index contributed by atoms with van der Waals surface area (Å²) in [5.74, 6) is 0.0279. The summed E-state index contributed by atoms with van der Waals surface area (Å²) >= 11 is 0. The molecule has 0 aromatic carbocycles. The van der Waals surface area contributed by atoms with Crippen molar-refractivity contribution in [3.63, 3.8) is 0 Å². The van der Waals surface area contributed by atoms with Crippen LogP contribution in [0.4, 0.5) is 0 Å². The lowest BCUT2D eigenvalue weighted by molar-refractivity contribution is -0.131. The Morgan fingerprint density at radius 1 is 1.35 bits per heavy atom. The maximum Gasteiger partial charge on any atom is 0.249 e. The van der Waals surface area contributed by atoms with Crippen molar-refractivity contribution < 1.29 is 9.53 Å². The lowest BCUT2D eigenvalue weighted by atomic mass is 9.82. The van der Waals surface area contributed by atoms with Gasteiger partial charge in [-0.2, -0.15) is 0 Å². The first-order valence-electron chi connectivity index (χ1n) is 6.67. The van der Waals surface area contributed by atoms with Crippen LogP contribution in [-0.4, -0.2) is 49.2 Å². The Balaban J connectivity index is 1.89. The highest BCUT2D eigenvalue weighted by atomic mass is 16.5. The maximum atomic E-state index is 11.8. The molecule has 2 aliphatic rings. The normalized spacial score (nSPS) is 35.4. The average molecular weight is 240 g/mol. The van der Waals surface area contributed by atoms with Gasteiger partial charge in [0.1, 0.15) is 6.10 Å². The van der Waals surface area contributed by atoms with Crippen LogP contribution in [-0.2, 0) is 9.53 Å². The predicted molar refractivity (Wildman–Crippen MR) is 66.8 cm³/mol. The molecule has 1 N–H and O–H groups in total. The van der Waals surface area contributed by atoms with E-state index in [4.69, 9.17) is 4.74 Å². The van der Waals surface area contributed by atoms with Gasteiger partial charge < -0.3 is 15.0 Å². The Hall–Kier alpha value is -0.610. The largest absolute Gasteiger partial charge is 0.372 e. The van der Waals surface area contributed by atoms with Crippen LogP contribution < -0.4 is 5.32 Å². The van der Waals surface area contributed by atoms with Gasteiger partial charge in [0.05, 0.1) is 0 Å². The number of rotatable bonds is 3. The monoisotopic (exact) mass is 240 g/mol. The van der Waals surface area contributed by atoms with Crippen molar-refractivity contribution in [3.8, 4) is 0 Å². The molecule has 0 aliphatic carbocycles. The zero-order chi connectivity index (χ0) is 12.4. The number of hydrogen-bond donors (Lipinski definition) is 1. The van der Waals surface area contributed by atoms with E-state index in [9.17, 15) is 4.79 Å². The van der Waals surface area contributed by atoms with Crippen molar-refractivity contribution in [1.29, 1.82) is 0 Å². The molecule has 4 nitrogen and oxygen atoms in total. The van der Waals surface area contributed by atoms with Crippen LogP contribution in [0.5, 0.6) is 0 Å². The molecule has 0 spiro atoms. The Kier molecular flexibility index (Phi) is 4.05. The van der Waals surface area contributed by atoms with Gasteiger partial charge in [-0.25, -0.2) is 0 Å². The Morgan fingerprint density at radius 3 is 2.47 bits per heavy atom. The minimum atomic E-state index is -0.338. The van der Waals surface area contributed by atoms with E-state index in [-0.39, 0.29) is 12.0 Å². The molecule has 2 saturated heterocycles. The lowest BCUT2D eigenvalue weighted by Gasteiger charge is -2.47. The zero-order valence-electron chi connectivity index (χ0n) is 11.1. The molecule has 4 heteroatoms. The Morgan fingerprint density at radius 2 is 1.94 bits per heavy atom. The number of ether oxygens (including phenoxy) is 1. The lowest BCUT2D eigenvalue weighted by Crippen LogP contribution is -2.56. The Labute approximate surface area is 104 Å². The van der Waals surface area contributed by atoms with Crippen molar-refractivity contribution >= 4 is 5.91 Å². The van der Waals surface area contributed by atoms with E-state index in [1.54, 1.807) is 14.0 Å². The molecule has 0 aromatic heterocycles. The van der Waals surface area contributed by atoms with Crippen LogP contribution in [0.15, 0.2) is 0 Å². The number of amides is 1. The molecule has 1 amide bonds. The fourth-order valence-electron chi connectivity index (χ4n) is 3.16. The van der Waals surface area contributed by atoms with Gasteiger partial charge in [-0.15, -0.1) is 0 Å². The van der Waals surface area contributed by atoms with Crippen LogP contribution in [0.25, 0.3) is 0 Å². The van der Waals surface area contributed by atoms with E-state index >= 15 is 0 Å². The molecule has 2 fully saturated rings. The molecule has 17 heavy (non-hydrogen) atoms. The number of carbonyl (C=O) groups is 1. The second kappa shape index (κ2) is 5.36. The first kappa shape index (κ1) is 12.8. The third-order valence-electron chi connectivity index (χ3n) is 4.41. The van der Waals surface area contributed by atoms with Gasteiger partial charge in [0, 0.05) is 25.2 Å². The van der Waals surface area contributed by atoms with Gasteiger partial charge in [0.2, 0.25) is 5.91 Å². The van der Waals surface area contributed by atoms with Gasteiger partial charge in [-0.1, -0.05) is 6.42 Å². The van der Waals surface area contributed by atoms with Gasteiger partial charge in [0.15, 0.2) is 0 Å². The summed E-state index contributed by atoms with van der Waals surface area (Å²) < 4.78 is 5.05. The number of hydrogen-bond acceptors (Lipinski definition) is 3. The van der Waals surface area contributed by atoms with Gasteiger partial charge >= 0.3 is 0 Å². The number of carbonyl (C=O) groups excluding carboxylic acids is 1. The highest BCUT2D eigenvalue weighted by molar-refractivity contribution is 5.80. The standard InChI is InChI=1S/C13H24N2O2/c1-9(17-3)13(16)14-10-7-11-5-4-6-12(8-10)15(11)2/h9-12H,4-8H2,1-3H3,(H,14,16). The summed E-state index contributed by atoms with van der Waals surface area (Å²) in [7, 11) is 3.80. The molecule has 2 bridgehead atoms. The fourth-order valence-corrected chi connectivity index (χ4v) is 3.16. The van der Waals surface area contributed by atoms with Crippen molar-refractivity contribution in [2.45, 2.75) is 63.3 Å². The summed E-state index contributed by atoms with van der Waals surface area (Å²) in [5, 5.41) is 3.13. The molecular formula is C13H24N2O2. The number of piperidine rings is 2. The van der Waals surface area contributed by atoms with E-state index in [1.165, 1.54) is 19.3 Å². The van der Waals surface area contributed by atoms with Crippen molar-refractivity contribution in [2.75, 3.05) is 14.2 Å². The molecule has 0 aromatic rings. The van der Waals surface area contributed by atoms with E-state index in [2.05, 4.69) is 17.3 Å². The predicted octanol–water partition coefficient (Wildman–Crippen LogP) is 1.15. The molecule has 0 radical (unpaired) electrons. The molecular weight excluding hydrogens is 216 g/mol. The number of fused-ring (bicyclic) bond motifs is 2. The Bertz CT molecular complexity index is 269. The topological polar surface area (TPSA) is 41.6 Å². The van der Waals surface area contributed by atoms with Crippen molar-refractivity contribution in [2.24, 2.45) is 0 Å². The molecule has 2 heterocycles. The van der Waals surface area contributed by atoms with E-state index in [0.717, 1.165) is 12.8 Å². The van der Waals surface area contributed by atoms with E-state index < -0.39 is 0 Å². The smallest absolute Gasteiger partial charge is 0.249 e. The summed E-state index contributed by atoms with van der Waals surface area (Å²) in [6, 6.07) is 1.66. The summed E-state index contributed by atoms with van der Waals surface area (Å²) in [6.45, 7) is 1.80. The van der Waals surface area contributed by atoms with Crippen LogP contribution in [0.2, 0.25) is 0 Å². The highest BCUT2D eigenvalue weighted by Crippen LogP contribution is 2.32. The average Bonchev–Trinajstić information content (AvgIpc) is 2.29. The molecule has 2 aliphatic heterocycles. The number of methoxy groups -OCH3 is 1. The molecule has 2 rings (SSSR count). The number of nitrogens with zero attached hydrogens (tertiary/aromatic N) is 1. The van der Waals surface area contributed by atoms with Gasteiger partial charge in [-0.3, -0.25) is 4.79 Å². The number of nitrogens with one attached hydrogen (secondary N) is 1. The molecule has 3 atom stereocenters. The van der Waals surface area contributed by atoms with E-state index in [0.29, 0.717) is 18.1 Å². The van der Waals surface area contributed by atoms with Crippen LogP contribution >= 0.6 is 0 Å². The third-order valence-corrected chi connectivity index (χ3v) is 4.41. The highest BCUT2D eigenvalue weighted by Gasteiger charge is 2.36. The molecule has 98 valence electrons. The summed E-state index contributed by atoms with van der Waals surface area (Å²) in [6.07, 6.45) is 5.74. The van der Waals surface area contributed by atoms with Crippen LogP contribution in [0.3, 0.4) is 0 Å². The molecule has 3 unspecified atom stereocenters. The van der Waals surface area contributed by atoms with Crippen LogP contribution in [0, 0.1) is 0 Å². The van der Waals surface area contributed by atoms with E-state index in [1.807, 2.05) is 0 Å². The fraction of sp³-hybridized carbons (Fsp3) is 0.923. The zero-order valence-corrected chi connectivity index (χ0v) is 11.1. The second-order valence-electron chi connectivity index (χ2n) is 5.46. The van der Waals surface area contributed by atoms with Crippen molar-refractivity contribution in [3.05, 3.63) is 0 Å². The first-order chi connectivity index (χ1) is 8.11. The first-order valence-corrected chi connectivity index (χ1v) is 6.67.